The van der Waals surface area contributed by atoms with Crippen molar-refractivity contribution in [3.63, 3.8) is 0 Å². The number of nitrogens with two attached hydrogens (primary N) is 1. The number of aromatic amines is 1. The van der Waals surface area contributed by atoms with E-state index in [1.807, 2.05) is 12.1 Å². The Balaban J connectivity index is 0.00000156. The number of H-pyrrole nitrogens is 1. The molecule has 1 atom stereocenters. The van der Waals surface area contributed by atoms with Gasteiger partial charge >= 0.3 is 0 Å². The fourth-order valence-corrected chi connectivity index (χ4v) is 3.01. The van der Waals surface area contributed by atoms with Gasteiger partial charge in [-0.3, -0.25) is 14.6 Å². The number of nitrogens with zero attached hydrogens (tertiary/aromatic N) is 2. The van der Waals surface area contributed by atoms with E-state index in [-0.39, 0.29) is 47.9 Å². The van der Waals surface area contributed by atoms with Crippen LogP contribution >= 0.6 is 24.8 Å². The topological polar surface area (TPSA) is 92.1 Å². The van der Waals surface area contributed by atoms with E-state index in [4.69, 9.17) is 5.73 Å². The lowest BCUT2D eigenvalue weighted by Crippen LogP contribution is -2.48. The fourth-order valence-electron chi connectivity index (χ4n) is 3.01. The molecule has 1 fully saturated rings. The smallest absolute Gasteiger partial charge is 0.261 e. The minimum absolute atomic E-state index is 0. The van der Waals surface area contributed by atoms with Crippen molar-refractivity contribution in [1.82, 2.24) is 14.9 Å². The highest BCUT2D eigenvalue weighted by molar-refractivity contribution is 5.94. The van der Waals surface area contributed by atoms with Crippen LogP contribution in [0.4, 0.5) is 0 Å². The Hall–Kier alpha value is -1.89. The highest BCUT2D eigenvalue weighted by Gasteiger charge is 2.27. The lowest BCUT2D eigenvalue weighted by molar-refractivity contribution is 0.0621. The Labute approximate surface area is 158 Å². The largest absolute Gasteiger partial charge is 0.334 e. The Morgan fingerprint density at radius 3 is 2.56 bits per heavy atom. The van der Waals surface area contributed by atoms with Crippen molar-refractivity contribution >= 4 is 30.7 Å². The number of hydrogen-bond donors (Lipinski definition) is 2. The molecule has 25 heavy (non-hydrogen) atoms. The average Bonchev–Trinajstić information content (AvgIpc) is 2.61. The molecule has 8 heteroatoms. The summed E-state index contributed by atoms with van der Waals surface area (Å²) in [7, 11) is 0. The Morgan fingerprint density at radius 2 is 1.92 bits per heavy atom. The van der Waals surface area contributed by atoms with Crippen LogP contribution in [0.1, 0.15) is 29.6 Å². The molecule has 6 nitrogen and oxygen atoms in total. The lowest BCUT2D eigenvalue weighted by atomic mass is 10.0. The molecule has 2 aromatic rings. The van der Waals surface area contributed by atoms with Gasteiger partial charge in [0, 0.05) is 42.8 Å². The van der Waals surface area contributed by atoms with Crippen molar-refractivity contribution in [2.45, 2.75) is 25.3 Å². The van der Waals surface area contributed by atoms with Crippen LogP contribution in [0.3, 0.4) is 0 Å². The second-order valence-electron chi connectivity index (χ2n) is 5.73. The summed E-state index contributed by atoms with van der Waals surface area (Å²) in [4.78, 5) is 33.5. The molecule has 1 saturated heterocycles. The number of nitrogens with one attached hydrogen (secondary N) is 1. The Bertz CT molecular complexity index is 752. The first-order valence-electron chi connectivity index (χ1n) is 7.85. The van der Waals surface area contributed by atoms with Gasteiger partial charge in [0.15, 0.2) is 0 Å². The predicted octanol–water partition coefficient (Wildman–Crippen LogP) is 2.23. The van der Waals surface area contributed by atoms with Crippen LogP contribution in [0.2, 0.25) is 0 Å². The highest BCUT2D eigenvalue weighted by Crippen LogP contribution is 2.19. The molecule has 1 unspecified atom stereocenters. The van der Waals surface area contributed by atoms with E-state index in [9.17, 15) is 9.59 Å². The number of halogens is 2. The zero-order valence-electron chi connectivity index (χ0n) is 13.7. The summed E-state index contributed by atoms with van der Waals surface area (Å²) in [5.41, 5.74) is 7.09. The van der Waals surface area contributed by atoms with Crippen LogP contribution in [0.25, 0.3) is 11.3 Å². The molecule has 0 radical (unpaired) electrons. The van der Waals surface area contributed by atoms with Crippen LogP contribution in [0, 0.1) is 0 Å². The molecular weight excluding hydrogens is 363 g/mol. The number of aromatic nitrogens is 2. The van der Waals surface area contributed by atoms with Gasteiger partial charge in [-0.25, -0.2) is 0 Å². The molecule has 2 aromatic heterocycles. The number of piperidine rings is 1. The van der Waals surface area contributed by atoms with Gasteiger partial charge in [0.1, 0.15) is 5.56 Å². The second kappa shape index (κ2) is 9.56. The minimum atomic E-state index is -0.370. The number of carbonyl (C=O) groups is 1. The molecule has 0 saturated carbocycles. The van der Waals surface area contributed by atoms with Crippen LogP contribution in [0.5, 0.6) is 0 Å². The number of likely N-dealkylation sites (tertiary alicyclic amines) is 1. The summed E-state index contributed by atoms with van der Waals surface area (Å²) in [6, 6.07) is 6.99. The number of pyridine rings is 2. The zero-order chi connectivity index (χ0) is 16.2. The van der Waals surface area contributed by atoms with Crippen LogP contribution in [0.15, 0.2) is 41.5 Å². The third-order valence-corrected chi connectivity index (χ3v) is 4.29. The summed E-state index contributed by atoms with van der Waals surface area (Å²) in [6.07, 6.45) is 6.24. The SMILES string of the molecule is Cl.Cl.NCC1CCCCN1C(=O)c1ccc(-c2ccncc2)[nH]c1=O. The maximum atomic E-state index is 12.7. The molecular formula is C17H22Cl2N4O2. The summed E-state index contributed by atoms with van der Waals surface area (Å²) < 4.78 is 0. The van der Waals surface area contributed by atoms with E-state index in [1.54, 1.807) is 29.4 Å². The fraction of sp³-hybridized carbons (Fsp3) is 0.353. The molecule has 0 aliphatic carbocycles. The summed E-state index contributed by atoms with van der Waals surface area (Å²) >= 11 is 0. The van der Waals surface area contributed by atoms with E-state index < -0.39 is 0 Å². The first-order valence-corrected chi connectivity index (χ1v) is 7.85. The predicted molar refractivity (Wildman–Crippen MR) is 103 cm³/mol. The molecule has 3 rings (SSSR count). The minimum Gasteiger partial charge on any atom is -0.334 e. The molecule has 0 bridgehead atoms. The van der Waals surface area contributed by atoms with Crippen molar-refractivity contribution in [1.29, 1.82) is 0 Å². The van der Waals surface area contributed by atoms with Crippen LogP contribution in [-0.4, -0.2) is 39.9 Å². The summed E-state index contributed by atoms with van der Waals surface area (Å²) in [6.45, 7) is 1.09. The Kier molecular flexibility index (Phi) is 8.09. The van der Waals surface area contributed by atoms with Gasteiger partial charge in [0.05, 0.1) is 0 Å². The van der Waals surface area contributed by atoms with Gasteiger partial charge < -0.3 is 15.6 Å². The summed E-state index contributed by atoms with van der Waals surface area (Å²) in [5.74, 6) is -0.234. The molecule has 1 aliphatic heterocycles. The number of amides is 1. The van der Waals surface area contributed by atoms with Crippen molar-refractivity contribution in [3.05, 3.63) is 52.6 Å². The molecule has 0 spiro atoms. The normalized spacial score (nSPS) is 16.5. The van der Waals surface area contributed by atoms with E-state index in [1.165, 1.54) is 0 Å². The molecule has 3 heterocycles. The van der Waals surface area contributed by atoms with E-state index >= 15 is 0 Å². The molecule has 136 valence electrons. The number of carbonyl (C=O) groups excluding carboxylic acids is 1. The average molecular weight is 385 g/mol. The molecule has 1 amide bonds. The molecule has 3 N–H and O–H groups in total. The lowest BCUT2D eigenvalue weighted by Gasteiger charge is -2.34. The monoisotopic (exact) mass is 384 g/mol. The first-order chi connectivity index (χ1) is 11.2. The van der Waals surface area contributed by atoms with Crippen molar-refractivity contribution in [2.24, 2.45) is 5.73 Å². The van der Waals surface area contributed by atoms with Crippen molar-refractivity contribution in [2.75, 3.05) is 13.1 Å². The van der Waals surface area contributed by atoms with E-state index in [2.05, 4.69) is 9.97 Å². The number of hydrogen-bond acceptors (Lipinski definition) is 4. The first kappa shape index (κ1) is 21.2. The molecule has 0 aromatic carbocycles. The maximum absolute atomic E-state index is 12.7. The third-order valence-electron chi connectivity index (χ3n) is 4.29. The van der Waals surface area contributed by atoms with Gasteiger partial charge in [-0.05, 0) is 43.5 Å². The van der Waals surface area contributed by atoms with Crippen LogP contribution < -0.4 is 11.3 Å². The van der Waals surface area contributed by atoms with Gasteiger partial charge in [0.25, 0.3) is 11.5 Å². The maximum Gasteiger partial charge on any atom is 0.261 e. The van der Waals surface area contributed by atoms with Gasteiger partial charge in [-0.2, -0.15) is 0 Å². The van der Waals surface area contributed by atoms with E-state index in [0.717, 1.165) is 24.8 Å². The third kappa shape index (κ3) is 4.60. The van der Waals surface area contributed by atoms with E-state index in [0.29, 0.717) is 18.8 Å². The quantitative estimate of drug-likeness (QED) is 0.848. The van der Waals surface area contributed by atoms with Gasteiger partial charge in [-0.1, -0.05) is 0 Å². The summed E-state index contributed by atoms with van der Waals surface area (Å²) in [5, 5.41) is 0. The second-order valence-corrected chi connectivity index (χ2v) is 5.73. The van der Waals surface area contributed by atoms with Crippen LogP contribution in [-0.2, 0) is 0 Å². The zero-order valence-corrected chi connectivity index (χ0v) is 15.3. The molecule has 1 aliphatic rings. The van der Waals surface area contributed by atoms with Gasteiger partial charge in [0.2, 0.25) is 0 Å². The standard InChI is InChI=1S/C17H20N4O2.2ClH/c18-11-13-3-1-2-10-21(13)17(23)14-4-5-15(20-16(14)22)12-6-8-19-9-7-12;;/h4-9,13H,1-3,10-11,18H2,(H,20,22);2*1H. The van der Waals surface area contributed by atoms with Crippen molar-refractivity contribution in [3.8, 4) is 11.3 Å². The van der Waals surface area contributed by atoms with Gasteiger partial charge in [-0.15, -0.1) is 24.8 Å². The Morgan fingerprint density at radius 1 is 1.20 bits per heavy atom. The highest BCUT2D eigenvalue weighted by atomic mass is 35.5. The van der Waals surface area contributed by atoms with Crippen molar-refractivity contribution < 1.29 is 4.79 Å². The number of rotatable bonds is 3.